The molecule has 0 unspecified atom stereocenters. The Kier molecular flexibility index (Phi) is 5.08. The van der Waals surface area contributed by atoms with Crippen molar-refractivity contribution < 1.29 is 23.1 Å². The van der Waals surface area contributed by atoms with Gasteiger partial charge in [0.05, 0.1) is 23.3 Å². The summed E-state index contributed by atoms with van der Waals surface area (Å²) < 4.78 is 32.1. The molecule has 2 amide bonds. The number of ether oxygens (including phenoxy) is 1. The number of carbonyl (C=O) groups excluding carboxylic acids is 2. The van der Waals surface area contributed by atoms with Crippen LogP contribution in [0.25, 0.3) is 5.57 Å². The van der Waals surface area contributed by atoms with Gasteiger partial charge in [0.25, 0.3) is 11.8 Å². The Hall–Kier alpha value is -2.67. The maximum atomic E-state index is 13.6. The van der Waals surface area contributed by atoms with E-state index in [1.54, 1.807) is 24.3 Å². The van der Waals surface area contributed by atoms with Crippen molar-refractivity contribution in [3.05, 3.63) is 64.6 Å². The summed E-state index contributed by atoms with van der Waals surface area (Å²) in [5.74, 6) is -2.31. The smallest absolute Gasteiger partial charge is 0.272 e. The molecule has 0 spiro atoms. The van der Waals surface area contributed by atoms with E-state index in [0.717, 1.165) is 17.0 Å². The fourth-order valence-electron chi connectivity index (χ4n) is 2.74. The summed E-state index contributed by atoms with van der Waals surface area (Å²) in [7, 11) is 1.47. The van der Waals surface area contributed by atoms with E-state index in [4.69, 9.17) is 4.74 Å². The minimum absolute atomic E-state index is 0.0157. The molecule has 0 saturated carbocycles. The Morgan fingerprint density at radius 3 is 2.42 bits per heavy atom. The second-order valence-electron chi connectivity index (χ2n) is 5.38. The third-order valence-electron chi connectivity index (χ3n) is 3.87. The van der Waals surface area contributed by atoms with Crippen LogP contribution in [0.2, 0.25) is 0 Å². The van der Waals surface area contributed by atoms with E-state index < -0.39 is 23.4 Å². The molecule has 7 heteroatoms. The molecule has 0 radical (unpaired) electrons. The molecule has 0 atom stereocenters. The first-order chi connectivity index (χ1) is 12.5. The van der Waals surface area contributed by atoms with Crippen molar-refractivity contribution in [2.75, 3.05) is 17.8 Å². The van der Waals surface area contributed by atoms with Crippen molar-refractivity contribution >= 4 is 34.8 Å². The summed E-state index contributed by atoms with van der Waals surface area (Å²) in [4.78, 5) is 27.0. The Morgan fingerprint density at radius 1 is 1.04 bits per heavy atom. The number of halogens is 2. The molecule has 0 saturated heterocycles. The highest BCUT2D eigenvalue weighted by molar-refractivity contribution is 8.04. The highest BCUT2D eigenvalue weighted by Crippen LogP contribution is 2.41. The van der Waals surface area contributed by atoms with Gasteiger partial charge in [-0.15, -0.1) is 11.8 Å². The van der Waals surface area contributed by atoms with Crippen molar-refractivity contribution in [2.45, 2.75) is 6.92 Å². The zero-order valence-corrected chi connectivity index (χ0v) is 14.9. The highest BCUT2D eigenvalue weighted by Gasteiger charge is 2.41. The van der Waals surface area contributed by atoms with Gasteiger partial charge >= 0.3 is 0 Å². The summed E-state index contributed by atoms with van der Waals surface area (Å²) in [5.41, 5.74) is 0.663. The number of amides is 2. The lowest BCUT2D eigenvalue weighted by Crippen LogP contribution is -2.31. The molecule has 2 aromatic rings. The van der Waals surface area contributed by atoms with E-state index in [1.807, 2.05) is 6.92 Å². The van der Waals surface area contributed by atoms with E-state index >= 15 is 0 Å². The zero-order chi connectivity index (χ0) is 18.8. The van der Waals surface area contributed by atoms with Crippen LogP contribution >= 0.6 is 11.8 Å². The number of carbonyl (C=O) groups is 2. The lowest BCUT2D eigenvalue weighted by molar-refractivity contribution is -0.119. The molecule has 0 fully saturated rings. The van der Waals surface area contributed by atoms with Gasteiger partial charge in [-0.1, -0.05) is 25.1 Å². The number of thioether (sulfide) groups is 1. The standard InChI is InChI=1S/C19H15F2NO3S/c1-3-26-17-16(12-6-4-5-7-15(12)25-2)18(23)22(19(17)24)11-8-9-13(20)14(21)10-11/h4-10H,3H2,1-2H3. The topological polar surface area (TPSA) is 46.6 Å². The van der Waals surface area contributed by atoms with Crippen molar-refractivity contribution in [1.82, 2.24) is 0 Å². The third kappa shape index (κ3) is 2.99. The van der Waals surface area contributed by atoms with E-state index in [0.29, 0.717) is 17.1 Å². The van der Waals surface area contributed by atoms with Gasteiger partial charge in [0, 0.05) is 11.6 Å². The summed E-state index contributed by atoms with van der Waals surface area (Å²) >= 11 is 1.22. The van der Waals surface area contributed by atoms with Crippen molar-refractivity contribution in [3.8, 4) is 5.75 Å². The molecular weight excluding hydrogens is 360 g/mol. The van der Waals surface area contributed by atoms with Gasteiger partial charge in [-0.05, 0) is 24.0 Å². The first-order valence-electron chi connectivity index (χ1n) is 7.83. The van der Waals surface area contributed by atoms with E-state index in [-0.39, 0.29) is 16.2 Å². The van der Waals surface area contributed by atoms with Crippen molar-refractivity contribution in [3.63, 3.8) is 0 Å². The minimum atomic E-state index is -1.13. The molecule has 1 heterocycles. The van der Waals surface area contributed by atoms with Gasteiger partial charge < -0.3 is 4.74 Å². The van der Waals surface area contributed by atoms with Crippen molar-refractivity contribution in [1.29, 1.82) is 0 Å². The van der Waals surface area contributed by atoms with Crippen LogP contribution in [0.3, 0.4) is 0 Å². The van der Waals surface area contributed by atoms with Gasteiger partial charge in [0.15, 0.2) is 11.6 Å². The normalized spacial score (nSPS) is 14.4. The van der Waals surface area contributed by atoms with Gasteiger partial charge in [-0.3, -0.25) is 9.59 Å². The van der Waals surface area contributed by atoms with Crippen LogP contribution in [0, 0.1) is 11.6 Å². The van der Waals surface area contributed by atoms with Crippen LogP contribution in [-0.4, -0.2) is 24.7 Å². The molecule has 134 valence electrons. The fraction of sp³-hybridized carbons (Fsp3) is 0.158. The zero-order valence-electron chi connectivity index (χ0n) is 14.1. The van der Waals surface area contributed by atoms with Gasteiger partial charge in [0.1, 0.15) is 5.75 Å². The Morgan fingerprint density at radius 2 is 1.77 bits per heavy atom. The summed E-state index contributed by atoms with van der Waals surface area (Å²) in [6.45, 7) is 1.86. The molecule has 2 aromatic carbocycles. The van der Waals surface area contributed by atoms with Gasteiger partial charge in [0.2, 0.25) is 0 Å². The largest absolute Gasteiger partial charge is 0.496 e. The molecule has 0 bridgehead atoms. The molecule has 0 aromatic heterocycles. The van der Waals surface area contributed by atoms with Crippen molar-refractivity contribution in [2.24, 2.45) is 0 Å². The first kappa shape index (κ1) is 18.1. The molecular formula is C19H15F2NO3S. The van der Waals surface area contributed by atoms with Crippen LogP contribution in [-0.2, 0) is 9.59 Å². The molecule has 0 N–H and O–H groups in total. The predicted molar refractivity (Wildman–Crippen MR) is 96.9 cm³/mol. The second kappa shape index (κ2) is 7.29. The van der Waals surface area contributed by atoms with Crippen LogP contribution < -0.4 is 9.64 Å². The van der Waals surface area contributed by atoms with Crippen LogP contribution in [0.15, 0.2) is 47.4 Å². The summed E-state index contributed by atoms with van der Waals surface area (Å²) in [6.07, 6.45) is 0. The third-order valence-corrected chi connectivity index (χ3v) is 4.82. The molecule has 1 aliphatic heterocycles. The number of imide groups is 1. The number of rotatable bonds is 5. The number of methoxy groups -OCH3 is 1. The predicted octanol–water partition coefficient (Wildman–Crippen LogP) is 4.01. The summed E-state index contributed by atoms with van der Waals surface area (Å²) in [6, 6.07) is 9.79. The first-order valence-corrected chi connectivity index (χ1v) is 8.82. The monoisotopic (exact) mass is 375 g/mol. The average Bonchev–Trinajstić information content (AvgIpc) is 2.88. The van der Waals surface area contributed by atoms with Crippen LogP contribution in [0.1, 0.15) is 12.5 Å². The number of hydrogen-bond acceptors (Lipinski definition) is 4. The van der Waals surface area contributed by atoms with Crippen LogP contribution in [0.5, 0.6) is 5.75 Å². The average molecular weight is 375 g/mol. The molecule has 4 nitrogen and oxygen atoms in total. The van der Waals surface area contributed by atoms with E-state index in [1.165, 1.54) is 24.9 Å². The number of hydrogen-bond donors (Lipinski definition) is 0. The van der Waals surface area contributed by atoms with Crippen LogP contribution in [0.4, 0.5) is 14.5 Å². The SMILES string of the molecule is CCSC1=C(c2ccccc2OC)C(=O)N(c2ccc(F)c(F)c2)C1=O. The van der Waals surface area contributed by atoms with E-state index in [2.05, 4.69) is 0 Å². The number of benzene rings is 2. The fourth-order valence-corrected chi connectivity index (χ4v) is 3.58. The Balaban J connectivity index is 2.14. The lowest BCUT2D eigenvalue weighted by Gasteiger charge is -2.15. The van der Waals surface area contributed by atoms with E-state index in [9.17, 15) is 18.4 Å². The molecule has 0 aliphatic carbocycles. The Labute approximate surface area is 153 Å². The van der Waals surface area contributed by atoms with Gasteiger partial charge in [-0.25, -0.2) is 13.7 Å². The highest BCUT2D eigenvalue weighted by atomic mass is 32.2. The number of para-hydroxylation sites is 1. The maximum Gasteiger partial charge on any atom is 0.272 e. The molecule has 26 heavy (non-hydrogen) atoms. The molecule has 3 rings (SSSR count). The second-order valence-corrected chi connectivity index (χ2v) is 6.66. The minimum Gasteiger partial charge on any atom is -0.496 e. The quantitative estimate of drug-likeness (QED) is 0.741. The lowest BCUT2D eigenvalue weighted by atomic mass is 10.0. The Bertz CT molecular complexity index is 927. The van der Waals surface area contributed by atoms with Gasteiger partial charge in [-0.2, -0.15) is 0 Å². The number of anilines is 1. The maximum absolute atomic E-state index is 13.6. The number of nitrogens with zero attached hydrogens (tertiary/aromatic N) is 1. The molecule has 1 aliphatic rings. The summed E-state index contributed by atoms with van der Waals surface area (Å²) in [5, 5.41) is 0.